The molecule has 0 radical (unpaired) electrons. The molecule has 0 spiro atoms. The second kappa shape index (κ2) is 7.52. The van der Waals surface area contributed by atoms with Crippen LogP contribution in [0.2, 0.25) is 0 Å². The molecule has 0 aliphatic heterocycles. The highest BCUT2D eigenvalue weighted by molar-refractivity contribution is 5.96. The summed E-state index contributed by atoms with van der Waals surface area (Å²) >= 11 is 0. The molecular weight excluding hydrogens is 332 g/mol. The summed E-state index contributed by atoms with van der Waals surface area (Å²) in [6.07, 6.45) is 6.18. The molecule has 0 unspecified atom stereocenters. The predicted octanol–water partition coefficient (Wildman–Crippen LogP) is 1.82. The molecule has 26 heavy (non-hydrogen) atoms. The van der Waals surface area contributed by atoms with E-state index in [1.807, 2.05) is 27.0 Å². The van der Waals surface area contributed by atoms with Gasteiger partial charge in [-0.05, 0) is 39.5 Å². The maximum atomic E-state index is 12.6. The predicted molar refractivity (Wildman–Crippen MR) is 93.6 cm³/mol. The first kappa shape index (κ1) is 17.9. The van der Waals surface area contributed by atoms with Gasteiger partial charge in [-0.2, -0.15) is 10.4 Å². The summed E-state index contributed by atoms with van der Waals surface area (Å²) in [4.78, 5) is 20.6. The average Bonchev–Trinajstić information content (AvgIpc) is 2.89. The van der Waals surface area contributed by atoms with E-state index >= 15 is 0 Å². The van der Waals surface area contributed by atoms with Crippen LogP contribution in [0.4, 0.5) is 0 Å². The van der Waals surface area contributed by atoms with Crippen LogP contribution < -0.4 is 10.1 Å². The van der Waals surface area contributed by atoms with Gasteiger partial charge in [0, 0.05) is 31.2 Å². The van der Waals surface area contributed by atoms with Crippen molar-refractivity contribution in [2.24, 2.45) is 7.05 Å². The van der Waals surface area contributed by atoms with E-state index in [2.05, 4.69) is 20.4 Å². The summed E-state index contributed by atoms with van der Waals surface area (Å²) in [5.41, 5.74) is 2.46. The van der Waals surface area contributed by atoms with Gasteiger partial charge in [0.2, 0.25) is 5.69 Å². The van der Waals surface area contributed by atoms with Gasteiger partial charge in [-0.1, -0.05) is 0 Å². The fraction of sp³-hybridized carbons (Fsp3) is 0.500. The summed E-state index contributed by atoms with van der Waals surface area (Å²) in [5.74, 6) is 0.210. The van der Waals surface area contributed by atoms with E-state index in [4.69, 9.17) is 10.00 Å². The third kappa shape index (κ3) is 3.67. The number of carbonyl (C=O) groups is 1. The van der Waals surface area contributed by atoms with Crippen LogP contribution in [0.15, 0.2) is 12.4 Å². The number of nitrogens with zero attached hydrogens (tertiary/aromatic N) is 5. The average molecular weight is 354 g/mol. The number of rotatable bonds is 4. The zero-order valence-electron chi connectivity index (χ0n) is 15.2. The number of amides is 1. The van der Waals surface area contributed by atoms with Crippen molar-refractivity contribution in [3.63, 3.8) is 0 Å². The number of nitrogens with one attached hydrogen (secondary N) is 1. The quantitative estimate of drug-likeness (QED) is 0.898. The van der Waals surface area contributed by atoms with E-state index in [1.54, 1.807) is 4.68 Å². The monoisotopic (exact) mass is 354 g/mol. The van der Waals surface area contributed by atoms with E-state index in [1.165, 1.54) is 12.4 Å². The van der Waals surface area contributed by atoms with Crippen LogP contribution >= 0.6 is 0 Å². The number of ether oxygens (including phenoxy) is 1. The van der Waals surface area contributed by atoms with Crippen molar-refractivity contribution in [2.45, 2.75) is 51.7 Å². The topological polar surface area (TPSA) is 106 Å². The molecule has 136 valence electrons. The molecule has 8 heteroatoms. The number of aromatic nitrogens is 4. The molecule has 1 fully saturated rings. The van der Waals surface area contributed by atoms with Gasteiger partial charge in [-0.15, -0.1) is 0 Å². The second-order valence-corrected chi connectivity index (χ2v) is 6.56. The molecular formula is C18H22N6O2. The maximum Gasteiger partial charge on any atom is 0.255 e. The molecule has 1 aliphatic carbocycles. The van der Waals surface area contributed by atoms with Gasteiger partial charge in [0.05, 0.1) is 11.3 Å². The van der Waals surface area contributed by atoms with Crippen molar-refractivity contribution in [3.05, 3.63) is 35.0 Å². The Morgan fingerprint density at radius 2 is 1.96 bits per heavy atom. The van der Waals surface area contributed by atoms with Crippen molar-refractivity contribution >= 4 is 5.91 Å². The number of nitriles is 1. The van der Waals surface area contributed by atoms with E-state index in [0.29, 0.717) is 5.56 Å². The van der Waals surface area contributed by atoms with Crippen LogP contribution in [0.1, 0.15) is 53.1 Å². The van der Waals surface area contributed by atoms with Gasteiger partial charge in [0.25, 0.3) is 11.8 Å². The Hall–Kier alpha value is -2.95. The molecule has 2 heterocycles. The first-order chi connectivity index (χ1) is 12.5. The highest BCUT2D eigenvalue weighted by Gasteiger charge is 2.26. The largest absolute Gasteiger partial charge is 0.472 e. The molecule has 3 rings (SSSR count). The Morgan fingerprint density at radius 3 is 2.58 bits per heavy atom. The lowest BCUT2D eigenvalue weighted by atomic mass is 9.92. The second-order valence-electron chi connectivity index (χ2n) is 6.56. The molecule has 1 saturated carbocycles. The summed E-state index contributed by atoms with van der Waals surface area (Å²) in [5, 5.41) is 16.5. The third-order valence-electron chi connectivity index (χ3n) is 4.79. The van der Waals surface area contributed by atoms with E-state index in [0.717, 1.165) is 37.1 Å². The Bertz CT molecular complexity index is 846. The lowest BCUT2D eigenvalue weighted by Gasteiger charge is -2.29. The molecule has 1 amide bonds. The zero-order chi connectivity index (χ0) is 18.7. The SMILES string of the molecule is Cc1nn(C)c(C)c1C(=O)NC1CCC(Oc2nccnc2C#N)CC1. The van der Waals surface area contributed by atoms with Crippen molar-refractivity contribution < 1.29 is 9.53 Å². The number of carbonyl (C=O) groups excluding carboxylic acids is 1. The summed E-state index contributed by atoms with van der Waals surface area (Å²) < 4.78 is 7.56. The molecule has 2 aromatic rings. The fourth-order valence-corrected chi connectivity index (χ4v) is 3.33. The Labute approximate surface area is 152 Å². The van der Waals surface area contributed by atoms with Crippen LogP contribution in [0.5, 0.6) is 5.88 Å². The first-order valence-corrected chi connectivity index (χ1v) is 8.68. The number of aryl methyl sites for hydroxylation is 2. The van der Waals surface area contributed by atoms with Gasteiger partial charge in [-0.3, -0.25) is 9.48 Å². The summed E-state index contributed by atoms with van der Waals surface area (Å²) in [6, 6.07) is 2.10. The zero-order valence-corrected chi connectivity index (χ0v) is 15.2. The Kier molecular flexibility index (Phi) is 5.16. The molecule has 0 atom stereocenters. The molecule has 2 aromatic heterocycles. The van der Waals surface area contributed by atoms with E-state index in [9.17, 15) is 4.79 Å². The highest BCUT2D eigenvalue weighted by Crippen LogP contribution is 2.24. The molecule has 0 aromatic carbocycles. The molecule has 8 nitrogen and oxygen atoms in total. The van der Waals surface area contributed by atoms with Crippen LogP contribution in [-0.2, 0) is 7.05 Å². The minimum absolute atomic E-state index is 0.0196. The summed E-state index contributed by atoms with van der Waals surface area (Å²) in [7, 11) is 1.84. The van der Waals surface area contributed by atoms with Gasteiger partial charge in [0.15, 0.2) is 0 Å². The van der Waals surface area contributed by atoms with Crippen LogP contribution in [0.3, 0.4) is 0 Å². The van der Waals surface area contributed by atoms with Crippen molar-refractivity contribution in [1.82, 2.24) is 25.1 Å². The Morgan fingerprint density at radius 1 is 1.27 bits per heavy atom. The molecule has 0 saturated heterocycles. The van der Waals surface area contributed by atoms with Crippen LogP contribution in [0, 0.1) is 25.2 Å². The van der Waals surface area contributed by atoms with E-state index < -0.39 is 0 Å². The van der Waals surface area contributed by atoms with E-state index in [-0.39, 0.29) is 29.6 Å². The van der Waals surface area contributed by atoms with Gasteiger partial charge >= 0.3 is 0 Å². The standard InChI is InChI=1S/C18H22N6O2/c1-11-16(12(2)24(3)23-11)17(25)22-13-4-6-14(7-5-13)26-18-15(10-19)20-8-9-21-18/h8-9,13-14H,4-7H2,1-3H3,(H,22,25). The third-order valence-corrected chi connectivity index (χ3v) is 4.79. The number of hydrogen-bond acceptors (Lipinski definition) is 6. The first-order valence-electron chi connectivity index (χ1n) is 8.68. The molecule has 0 bridgehead atoms. The number of hydrogen-bond donors (Lipinski definition) is 1. The van der Waals surface area contributed by atoms with Gasteiger partial charge < -0.3 is 10.1 Å². The summed E-state index contributed by atoms with van der Waals surface area (Å²) in [6.45, 7) is 3.74. The van der Waals surface area contributed by atoms with Crippen molar-refractivity contribution in [1.29, 1.82) is 5.26 Å². The van der Waals surface area contributed by atoms with Crippen molar-refractivity contribution in [3.8, 4) is 11.9 Å². The van der Waals surface area contributed by atoms with Crippen LogP contribution in [0.25, 0.3) is 0 Å². The fourth-order valence-electron chi connectivity index (χ4n) is 3.33. The lowest BCUT2D eigenvalue weighted by Crippen LogP contribution is -2.40. The maximum absolute atomic E-state index is 12.6. The highest BCUT2D eigenvalue weighted by atomic mass is 16.5. The molecule has 1 aliphatic rings. The van der Waals surface area contributed by atoms with Gasteiger partial charge in [0.1, 0.15) is 12.2 Å². The Balaban J connectivity index is 1.56. The molecule has 1 N–H and O–H groups in total. The van der Waals surface area contributed by atoms with Crippen LogP contribution in [-0.4, -0.2) is 37.8 Å². The minimum Gasteiger partial charge on any atom is -0.472 e. The normalized spacial score (nSPS) is 19.6. The lowest BCUT2D eigenvalue weighted by molar-refractivity contribution is 0.0888. The van der Waals surface area contributed by atoms with Gasteiger partial charge in [-0.25, -0.2) is 9.97 Å². The van der Waals surface area contributed by atoms with Crippen molar-refractivity contribution in [2.75, 3.05) is 0 Å². The minimum atomic E-state index is -0.0711. The smallest absolute Gasteiger partial charge is 0.255 e.